The molecule has 3 nitrogen and oxygen atoms in total. The molecule has 0 spiro atoms. The maximum absolute atomic E-state index is 5.76. The van der Waals surface area contributed by atoms with Crippen LogP contribution in [-0.4, -0.2) is 6.04 Å². The van der Waals surface area contributed by atoms with Crippen LogP contribution in [0.2, 0.25) is 0 Å². The Balaban J connectivity index is 1.58. The first-order valence-electron chi connectivity index (χ1n) is 6.90. The molecule has 0 saturated heterocycles. The van der Waals surface area contributed by atoms with Gasteiger partial charge in [0.15, 0.2) is 0 Å². The summed E-state index contributed by atoms with van der Waals surface area (Å²) in [7, 11) is 0. The highest BCUT2D eigenvalue weighted by molar-refractivity contribution is 14.1. The van der Waals surface area contributed by atoms with Gasteiger partial charge in [-0.2, -0.15) is 0 Å². The molecule has 4 heteroatoms. The minimum Gasteiger partial charge on any atom is -0.486 e. The summed E-state index contributed by atoms with van der Waals surface area (Å²) in [6.45, 7) is 3.38. The molecule has 3 rings (SSSR count). The van der Waals surface area contributed by atoms with Crippen LogP contribution in [0.1, 0.15) is 29.9 Å². The number of ether oxygens (including phenoxy) is 1. The summed E-state index contributed by atoms with van der Waals surface area (Å²) in [4.78, 5) is 0. The molecule has 2 aromatic rings. The molecule has 1 aromatic carbocycles. The molecule has 0 radical (unpaired) electrons. The van der Waals surface area contributed by atoms with Gasteiger partial charge in [-0.3, -0.25) is 0 Å². The van der Waals surface area contributed by atoms with Crippen molar-refractivity contribution in [2.45, 2.75) is 39.0 Å². The minimum absolute atomic E-state index is 0.477. The molecule has 1 fully saturated rings. The van der Waals surface area contributed by atoms with Crippen LogP contribution < -0.4 is 10.1 Å². The summed E-state index contributed by atoms with van der Waals surface area (Å²) in [6, 6.07) is 10.8. The van der Waals surface area contributed by atoms with Crippen molar-refractivity contribution in [1.82, 2.24) is 5.32 Å². The Labute approximate surface area is 132 Å². The van der Waals surface area contributed by atoms with Gasteiger partial charge in [-0.1, -0.05) is 6.07 Å². The quantitative estimate of drug-likeness (QED) is 0.766. The Morgan fingerprint density at radius 1 is 1.35 bits per heavy atom. The number of hydrogen-bond donors (Lipinski definition) is 1. The second-order valence-electron chi connectivity index (χ2n) is 5.20. The molecule has 0 aliphatic heterocycles. The maximum atomic E-state index is 5.76. The zero-order chi connectivity index (χ0) is 13.9. The molecule has 106 valence electrons. The Hall–Kier alpha value is -1.01. The van der Waals surface area contributed by atoms with Gasteiger partial charge in [0.25, 0.3) is 0 Å². The number of hydrogen-bond acceptors (Lipinski definition) is 3. The average molecular weight is 383 g/mol. The monoisotopic (exact) mass is 383 g/mol. The number of rotatable bonds is 6. The van der Waals surface area contributed by atoms with E-state index in [-0.39, 0.29) is 0 Å². The lowest BCUT2D eigenvalue weighted by Crippen LogP contribution is -2.15. The second kappa shape index (κ2) is 6.18. The molecule has 0 unspecified atom stereocenters. The van der Waals surface area contributed by atoms with Crippen molar-refractivity contribution in [2.24, 2.45) is 0 Å². The highest BCUT2D eigenvalue weighted by atomic mass is 127. The zero-order valence-corrected chi connectivity index (χ0v) is 13.6. The van der Waals surface area contributed by atoms with E-state index < -0.39 is 0 Å². The van der Waals surface area contributed by atoms with Crippen molar-refractivity contribution in [3.8, 4) is 5.75 Å². The van der Waals surface area contributed by atoms with Gasteiger partial charge in [0.2, 0.25) is 0 Å². The van der Waals surface area contributed by atoms with Crippen molar-refractivity contribution < 1.29 is 9.15 Å². The lowest BCUT2D eigenvalue weighted by atomic mass is 10.2. The van der Waals surface area contributed by atoms with E-state index in [4.69, 9.17) is 9.15 Å². The summed E-state index contributed by atoms with van der Waals surface area (Å²) < 4.78 is 12.7. The Bertz CT molecular complexity index is 590. The van der Waals surface area contributed by atoms with E-state index in [1.54, 1.807) is 0 Å². The average Bonchev–Trinajstić information content (AvgIpc) is 3.18. The Morgan fingerprint density at radius 2 is 2.20 bits per heavy atom. The van der Waals surface area contributed by atoms with E-state index in [9.17, 15) is 0 Å². The molecule has 1 saturated carbocycles. The first kappa shape index (κ1) is 13.9. The highest BCUT2D eigenvalue weighted by Crippen LogP contribution is 2.22. The van der Waals surface area contributed by atoms with Crippen LogP contribution in [0.15, 0.2) is 34.7 Å². The Morgan fingerprint density at radius 3 is 2.95 bits per heavy atom. The summed E-state index contributed by atoms with van der Waals surface area (Å²) in [6.07, 6.45) is 2.61. The molecular formula is C16H18INO2. The van der Waals surface area contributed by atoms with Gasteiger partial charge in [0.1, 0.15) is 23.9 Å². The van der Waals surface area contributed by atoms with Crippen molar-refractivity contribution in [2.75, 3.05) is 0 Å². The summed E-state index contributed by atoms with van der Waals surface area (Å²) in [5.41, 5.74) is 1.23. The molecule has 0 atom stereocenters. The summed E-state index contributed by atoms with van der Waals surface area (Å²) >= 11 is 2.28. The number of halogens is 1. The molecule has 0 bridgehead atoms. The fourth-order valence-corrected chi connectivity index (χ4v) is 2.60. The molecule has 20 heavy (non-hydrogen) atoms. The van der Waals surface area contributed by atoms with Gasteiger partial charge in [-0.25, -0.2) is 0 Å². The first-order chi connectivity index (χ1) is 9.70. The normalized spacial score (nSPS) is 14.5. The SMILES string of the molecule is Cc1oc(COc2cccc(I)c2)cc1CNC1CC1. The maximum Gasteiger partial charge on any atom is 0.146 e. The van der Waals surface area contributed by atoms with Crippen molar-refractivity contribution in [3.63, 3.8) is 0 Å². The van der Waals surface area contributed by atoms with Crippen LogP contribution in [0.3, 0.4) is 0 Å². The van der Waals surface area contributed by atoms with Crippen LogP contribution in [0.4, 0.5) is 0 Å². The lowest BCUT2D eigenvalue weighted by Gasteiger charge is -2.03. The number of nitrogens with one attached hydrogen (secondary N) is 1. The highest BCUT2D eigenvalue weighted by Gasteiger charge is 2.20. The van der Waals surface area contributed by atoms with Gasteiger partial charge in [-0.15, -0.1) is 0 Å². The van der Waals surface area contributed by atoms with E-state index in [1.807, 2.05) is 31.2 Å². The minimum atomic E-state index is 0.477. The summed E-state index contributed by atoms with van der Waals surface area (Å²) in [5, 5.41) is 3.51. The van der Waals surface area contributed by atoms with Crippen LogP contribution in [0, 0.1) is 10.5 Å². The Kier molecular flexibility index (Phi) is 4.31. The molecule has 1 aliphatic carbocycles. The van der Waals surface area contributed by atoms with Gasteiger partial charge < -0.3 is 14.5 Å². The van der Waals surface area contributed by atoms with Crippen LogP contribution in [-0.2, 0) is 13.2 Å². The molecule has 0 amide bonds. The van der Waals surface area contributed by atoms with Crippen LogP contribution >= 0.6 is 22.6 Å². The van der Waals surface area contributed by atoms with E-state index in [0.717, 1.165) is 29.9 Å². The first-order valence-corrected chi connectivity index (χ1v) is 7.98. The van der Waals surface area contributed by atoms with Gasteiger partial charge in [0, 0.05) is 21.7 Å². The smallest absolute Gasteiger partial charge is 0.146 e. The van der Waals surface area contributed by atoms with Crippen molar-refractivity contribution in [3.05, 3.63) is 51.0 Å². The zero-order valence-electron chi connectivity index (χ0n) is 11.5. The van der Waals surface area contributed by atoms with Crippen molar-refractivity contribution in [1.29, 1.82) is 0 Å². The van der Waals surface area contributed by atoms with Crippen LogP contribution in [0.5, 0.6) is 5.75 Å². The van der Waals surface area contributed by atoms with E-state index in [0.29, 0.717) is 6.61 Å². The molecule has 1 heterocycles. The number of aryl methyl sites for hydroxylation is 1. The van der Waals surface area contributed by atoms with Gasteiger partial charge >= 0.3 is 0 Å². The lowest BCUT2D eigenvalue weighted by molar-refractivity contribution is 0.267. The molecule has 1 aromatic heterocycles. The number of furan rings is 1. The van der Waals surface area contributed by atoms with E-state index in [1.165, 1.54) is 22.0 Å². The molecule has 1 aliphatic rings. The van der Waals surface area contributed by atoms with Crippen LogP contribution in [0.25, 0.3) is 0 Å². The fraction of sp³-hybridized carbons (Fsp3) is 0.375. The van der Waals surface area contributed by atoms with Gasteiger partial charge in [0.05, 0.1) is 0 Å². The topological polar surface area (TPSA) is 34.4 Å². The third kappa shape index (κ3) is 3.76. The second-order valence-corrected chi connectivity index (χ2v) is 6.44. The standard InChI is InChI=1S/C16H18INO2/c1-11-12(9-18-14-5-6-14)7-16(20-11)10-19-15-4-2-3-13(17)8-15/h2-4,7-8,14,18H,5-6,9-10H2,1H3. The van der Waals surface area contributed by atoms with Gasteiger partial charge in [-0.05, 0) is 66.6 Å². The number of benzene rings is 1. The third-order valence-corrected chi connectivity index (χ3v) is 4.08. The summed E-state index contributed by atoms with van der Waals surface area (Å²) in [5.74, 6) is 2.75. The molecular weight excluding hydrogens is 365 g/mol. The van der Waals surface area contributed by atoms with Crippen molar-refractivity contribution >= 4 is 22.6 Å². The molecule has 1 N–H and O–H groups in total. The fourth-order valence-electron chi connectivity index (χ4n) is 2.09. The predicted molar refractivity (Wildman–Crippen MR) is 86.8 cm³/mol. The predicted octanol–water partition coefficient (Wildman–Crippen LogP) is 4.02. The van der Waals surface area contributed by atoms with E-state index in [2.05, 4.69) is 34.0 Å². The largest absolute Gasteiger partial charge is 0.486 e. The third-order valence-electron chi connectivity index (χ3n) is 3.41. The van der Waals surface area contributed by atoms with E-state index >= 15 is 0 Å².